The lowest BCUT2D eigenvalue weighted by atomic mass is 9.93. The molecule has 160 valence electrons. The minimum absolute atomic E-state index is 0. The summed E-state index contributed by atoms with van der Waals surface area (Å²) in [6, 6.07) is 0.383. The molecular formula is C20H41IN4OS. The fraction of sp³-hybridized carbons (Fsp3) is 0.950. The van der Waals surface area contributed by atoms with E-state index in [1.54, 1.807) is 0 Å². The highest BCUT2D eigenvalue weighted by Crippen LogP contribution is 2.24. The first-order valence-electron chi connectivity index (χ1n) is 10.4. The van der Waals surface area contributed by atoms with E-state index >= 15 is 0 Å². The summed E-state index contributed by atoms with van der Waals surface area (Å²) in [4.78, 5) is 7.05. The number of hydrogen-bond acceptors (Lipinski definition) is 3. The molecule has 5 nitrogen and oxygen atoms in total. The Morgan fingerprint density at radius 2 is 2.00 bits per heavy atom. The van der Waals surface area contributed by atoms with E-state index in [9.17, 15) is 4.21 Å². The van der Waals surface area contributed by atoms with Gasteiger partial charge in [-0.2, -0.15) is 0 Å². The molecule has 1 saturated carbocycles. The molecule has 0 amide bonds. The van der Waals surface area contributed by atoms with Crippen molar-refractivity contribution in [1.29, 1.82) is 0 Å². The van der Waals surface area contributed by atoms with Crippen LogP contribution in [0.2, 0.25) is 0 Å². The number of piperidine rings is 1. The largest absolute Gasteiger partial charge is 0.355 e. The van der Waals surface area contributed by atoms with Gasteiger partial charge in [0, 0.05) is 53.5 Å². The number of nitrogens with one attached hydrogen (secondary N) is 2. The molecule has 1 saturated heterocycles. The van der Waals surface area contributed by atoms with E-state index in [4.69, 9.17) is 0 Å². The van der Waals surface area contributed by atoms with Crippen LogP contribution in [0.4, 0.5) is 0 Å². The maximum absolute atomic E-state index is 12.2. The first kappa shape index (κ1) is 25.1. The van der Waals surface area contributed by atoms with Crippen molar-refractivity contribution in [3.05, 3.63) is 0 Å². The van der Waals surface area contributed by atoms with Gasteiger partial charge < -0.3 is 10.6 Å². The normalized spacial score (nSPS) is 28.9. The van der Waals surface area contributed by atoms with Crippen LogP contribution in [0.1, 0.15) is 66.2 Å². The summed E-state index contributed by atoms with van der Waals surface area (Å²) in [5, 5.41) is 7.48. The second kappa shape index (κ2) is 12.0. The predicted molar refractivity (Wildman–Crippen MR) is 129 cm³/mol. The predicted octanol–water partition coefficient (Wildman–Crippen LogP) is 3.36. The maximum Gasteiger partial charge on any atom is 0.191 e. The van der Waals surface area contributed by atoms with E-state index in [1.165, 1.54) is 25.9 Å². The molecule has 27 heavy (non-hydrogen) atoms. The summed E-state index contributed by atoms with van der Waals surface area (Å²) >= 11 is 0. The Bertz CT molecular complexity index is 500. The van der Waals surface area contributed by atoms with Crippen LogP contribution in [0.15, 0.2) is 4.99 Å². The van der Waals surface area contributed by atoms with Gasteiger partial charge >= 0.3 is 0 Å². The third-order valence-corrected chi connectivity index (χ3v) is 7.79. The monoisotopic (exact) mass is 512 g/mol. The van der Waals surface area contributed by atoms with Crippen molar-refractivity contribution >= 4 is 40.7 Å². The van der Waals surface area contributed by atoms with Crippen LogP contribution in [0.3, 0.4) is 0 Å². The highest BCUT2D eigenvalue weighted by Gasteiger charge is 2.31. The number of likely N-dealkylation sites (tertiary alicyclic amines) is 1. The van der Waals surface area contributed by atoms with Gasteiger partial charge in [0.2, 0.25) is 0 Å². The summed E-state index contributed by atoms with van der Waals surface area (Å²) < 4.78 is 12.2. The molecule has 0 aromatic carbocycles. The molecule has 7 heteroatoms. The van der Waals surface area contributed by atoms with Crippen LogP contribution in [-0.4, -0.2) is 64.3 Å². The van der Waals surface area contributed by atoms with Gasteiger partial charge in [0.1, 0.15) is 0 Å². The molecule has 0 aromatic rings. The van der Waals surface area contributed by atoms with Crippen molar-refractivity contribution in [2.75, 3.05) is 32.4 Å². The number of rotatable bonds is 6. The summed E-state index contributed by atoms with van der Waals surface area (Å²) in [6.45, 7) is 12.3. The van der Waals surface area contributed by atoms with Crippen LogP contribution >= 0.6 is 24.0 Å². The Kier molecular flexibility index (Phi) is 11.1. The SMILES string of the molecule is CCS(=O)C1CCCC(NC(=NC)NCC(C)(C)N2CCCC(C)C2)C1.I. The minimum atomic E-state index is -0.683. The number of guanidine groups is 1. The van der Waals surface area contributed by atoms with Gasteiger partial charge in [-0.15, -0.1) is 24.0 Å². The molecule has 1 aliphatic heterocycles. The number of aliphatic imine (C=N–C) groups is 1. The lowest BCUT2D eigenvalue weighted by molar-refractivity contribution is 0.0739. The van der Waals surface area contributed by atoms with Gasteiger partial charge in [0.25, 0.3) is 0 Å². The molecule has 2 N–H and O–H groups in total. The Balaban J connectivity index is 0.00000364. The van der Waals surface area contributed by atoms with Crippen LogP contribution in [0.5, 0.6) is 0 Å². The van der Waals surface area contributed by atoms with Crippen molar-refractivity contribution in [3.8, 4) is 0 Å². The number of halogens is 1. The lowest BCUT2D eigenvalue weighted by Crippen LogP contribution is -2.56. The maximum atomic E-state index is 12.2. The van der Waals surface area contributed by atoms with Gasteiger partial charge in [0.05, 0.1) is 0 Å². The zero-order valence-electron chi connectivity index (χ0n) is 17.9. The quantitative estimate of drug-likeness (QED) is 0.326. The number of hydrogen-bond donors (Lipinski definition) is 2. The minimum Gasteiger partial charge on any atom is -0.355 e. The van der Waals surface area contributed by atoms with Crippen molar-refractivity contribution < 1.29 is 4.21 Å². The molecule has 4 unspecified atom stereocenters. The van der Waals surface area contributed by atoms with Gasteiger partial charge in [-0.1, -0.05) is 20.3 Å². The van der Waals surface area contributed by atoms with Crippen LogP contribution in [0, 0.1) is 5.92 Å². The van der Waals surface area contributed by atoms with Crippen molar-refractivity contribution in [2.45, 2.75) is 83.1 Å². The van der Waals surface area contributed by atoms with E-state index in [2.05, 4.69) is 41.3 Å². The molecule has 4 atom stereocenters. The smallest absolute Gasteiger partial charge is 0.191 e. The fourth-order valence-corrected chi connectivity index (χ4v) is 5.64. The molecule has 1 aliphatic carbocycles. The third-order valence-electron chi connectivity index (χ3n) is 6.05. The van der Waals surface area contributed by atoms with Crippen LogP contribution in [0.25, 0.3) is 0 Å². The Morgan fingerprint density at radius 1 is 1.26 bits per heavy atom. The van der Waals surface area contributed by atoms with Crippen molar-refractivity contribution in [3.63, 3.8) is 0 Å². The molecule has 0 aromatic heterocycles. The van der Waals surface area contributed by atoms with Crippen LogP contribution in [-0.2, 0) is 10.8 Å². The standard InChI is InChI=1S/C20H40N4OS.HI/c1-6-26(25)18-11-7-10-17(13-18)23-19(21-5)22-15-20(3,4)24-12-8-9-16(2)14-24;/h16-18H,6-15H2,1-5H3,(H2,21,22,23);1H. The van der Waals surface area contributed by atoms with E-state index in [-0.39, 0.29) is 29.5 Å². The van der Waals surface area contributed by atoms with Gasteiger partial charge in [-0.25, -0.2) is 0 Å². The molecule has 0 spiro atoms. The summed E-state index contributed by atoms with van der Waals surface area (Å²) in [5.41, 5.74) is 0.116. The average molecular weight is 513 g/mol. The van der Waals surface area contributed by atoms with E-state index in [1.807, 2.05) is 14.0 Å². The van der Waals surface area contributed by atoms with E-state index in [0.29, 0.717) is 11.3 Å². The summed E-state index contributed by atoms with van der Waals surface area (Å²) in [7, 11) is 1.16. The number of nitrogens with zero attached hydrogens (tertiary/aromatic N) is 2. The molecule has 1 heterocycles. The summed E-state index contributed by atoms with van der Waals surface area (Å²) in [6.07, 6.45) is 7.05. The summed E-state index contributed by atoms with van der Waals surface area (Å²) in [5.74, 6) is 2.45. The molecule has 0 bridgehead atoms. The highest BCUT2D eigenvalue weighted by molar-refractivity contribution is 14.0. The van der Waals surface area contributed by atoms with Crippen molar-refractivity contribution in [2.24, 2.45) is 10.9 Å². The molecule has 2 rings (SSSR count). The topological polar surface area (TPSA) is 56.7 Å². The fourth-order valence-electron chi connectivity index (χ4n) is 4.29. The van der Waals surface area contributed by atoms with Crippen LogP contribution < -0.4 is 10.6 Å². The molecular weight excluding hydrogens is 471 g/mol. The molecule has 2 fully saturated rings. The Labute approximate surface area is 186 Å². The van der Waals surface area contributed by atoms with Crippen molar-refractivity contribution in [1.82, 2.24) is 15.5 Å². The van der Waals surface area contributed by atoms with Gasteiger partial charge in [-0.3, -0.25) is 14.1 Å². The highest BCUT2D eigenvalue weighted by atomic mass is 127. The Morgan fingerprint density at radius 3 is 2.63 bits per heavy atom. The zero-order chi connectivity index (χ0) is 19.2. The first-order chi connectivity index (χ1) is 12.4. The van der Waals surface area contributed by atoms with E-state index < -0.39 is 10.8 Å². The van der Waals surface area contributed by atoms with E-state index in [0.717, 1.165) is 49.9 Å². The molecule has 2 aliphatic rings. The zero-order valence-corrected chi connectivity index (χ0v) is 21.1. The Hall–Kier alpha value is 0.110. The van der Waals surface area contributed by atoms with Gasteiger partial charge in [-0.05, 0) is 58.4 Å². The average Bonchev–Trinajstić information content (AvgIpc) is 2.64. The first-order valence-corrected chi connectivity index (χ1v) is 11.8. The molecule has 0 radical (unpaired) electrons. The lowest BCUT2D eigenvalue weighted by Gasteiger charge is -2.43. The second-order valence-electron chi connectivity index (χ2n) is 8.73. The third kappa shape index (κ3) is 7.80. The van der Waals surface area contributed by atoms with Gasteiger partial charge in [0.15, 0.2) is 5.96 Å². The second-order valence-corrected chi connectivity index (χ2v) is 10.7.